The van der Waals surface area contributed by atoms with Crippen molar-refractivity contribution in [2.45, 2.75) is 21.5 Å². The van der Waals surface area contributed by atoms with E-state index in [0.717, 1.165) is 11.1 Å². The minimum Gasteiger partial charge on any atom is -0.116 e. The van der Waals surface area contributed by atoms with Gasteiger partial charge in [0, 0.05) is 20.1 Å². The molecule has 0 fully saturated rings. The van der Waals surface area contributed by atoms with E-state index in [-0.39, 0.29) is 0 Å². The highest BCUT2D eigenvalue weighted by molar-refractivity contribution is 6.43. The third kappa shape index (κ3) is 2.28. The normalized spacial score (nSPS) is 27.2. The van der Waals surface area contributed by atoms with Gasteiger partial charge in [-0.1, -0.05) is 46.4 Å². The molecule has 2 aromatic carbocycles. The summed E-state index contributed by atoms with van der Waals surface area (Å²) >= 11 is 52.1. The smallest absolute Gasteiger partial charge is 0.0811 e. The van der Waals surface area contributed by atoms with Gasteiger partial charge in [-0.2, -0.15) is 0 Å². The summed E-state index contributed by atoms with van der Waals surface area (Å²) in [6, 6.07) is 3.24. The molecule has 0 bridgehead atoms. The second kappa shape index (κ2) is 6.14. The van der Waals surface area contributed by atoms with Crippen LogP contribution in [0.2, 0.25) is 20.1 Å². The van der Waals surface area contributed by atoms with Gasteiger partial charge in [-0.15, -0.1) is 46.4 Å². The maximum atomic E-state index is 6.60. The molecule has 0 saturated heterocycles. The Balaban J connectivity index is 2.27. The first-order valence-corrected chi connectivity index (χ1v) is 10.1. The topological polar surface area (TPSA) is 0 Å². The fourth-order valence-electron chi connectivity index (χ4n) is 3.50. The average molecular weight is 482 g/mol. The van der Waals surface area contributed by atoms with Crippen molar-refractivity contribution >= 4 is 92.8 Å². The molecular weight excluding hydrogens is 476 g/mol. The largest absolute Gasteiger partial charge is 0.116 e. The van der Waals surface area contributed by atoms with E-state index in [1.54, 1.807) is 12.1 Å². The first-order chi connectivity index (χ1) is 11.3. The fourth-order valence-corrected chi connectivity index (χ4v) is 6.53. The van der Waals surface area contributed by atoms with E-state index in [1.807, 2.05) is 0 Å². The molecule has 0 radical (unpaired) electrons. The molecule has 0 heterocycles. The molecule has 2 aliphatic rings. The van der Waals surface area contributed by atoms with Crippen molar-refractivity contribution in [3.8, 4) is 11.1 Å². The summed E-state index contributed by atoms with van der Waals surface area (Å²) in [5, 5.41) is -0.634. The molecule has 0 N–H and O–H groups in total. The lowest BCUT2D eigenvalue weighted by Gasteiger charge is -2.39. The van der Waals surface area contributed by atoms with E-state index in [1.165, 1.54) is 0 Å². The molecule has 2 aromatic rings. The first kappa shape index (κ1) is 18.1. The molecule has 0 amide bonds. The molecule has 0 aliphatic heterocycles. The standard InChI is InChI=1S/C16H6Cl8/c17-3-1-4(18)8-11-7(3)13(21)15(23)9-5(19)2-6(20)10(12(9)11)16(24)14(8)22/h1-2,13-16H/t13-,14-,15+,16+. The van der Waals surface area contributed by atoms with E-state index < -0.39 is 21.5 Å². The number of halogens is 8. The Kier molecular flexibility index (Phi) is 4.64. The van der Waals surface area contributed by atoms with Crippen LogP contribution < -0.4 is 0 Å². The summed E-state index contributed by atoms with van der Waals surface area (Å²) in [5.74, 6) is 0. The van der Waals surface area contributed by atoms with Gasteiger partial charge >= 0.3 is 0 Å². The van der Waals surface area contributed by atoms with Crippen LogP contribution in [0.15, 0.2) is 12.1 Å². The third-order valence-electron chi connectivity index (χ3n) is 4.48. The predicted octanol–water partition coefficient (Wildman–Crippen LogP) is 9.11. The summed E-state index contributed by atoms with van der Waals surface area (Å²) < 4.78 is 0. The van der Waals surface area contributed by atoms with Crippen molar-refractivity contribution < 1.29 is 0 Å². The number of rotatable bonds is 0. The zero-order valence-corrected chi connectivity index (χ0v) is 17.5. The van der Waals surface area contributed by atoms with Gasteiger partial charge < -0.3 is 0 Å². The summed E-state index contributed by atoms with van der Waals surface area (Å²) in [6.45, 7) is 0. The lowest BCUT2D eigenvalue weighted by Crippen LogP contribution is -2.21. The van der Waals surface area contributed by atoms with Crippen LogP contribution in [0.1, 0.15) is 43.8 Å². The van der Waals surface area contributed by atoms with Crippen LogP contribution in [0.25, 0.3) is 11.1 Å². The monoisotopic (exact) mass is 478 g/mol. The Morgan fingerprint density at radius 3 is 0.875 bits per heavy atom. The van der Waals surface area contributed by atoms with Gasteiger partial charge in [0.1, 0.15) is 0 Å². The molecule has 0 spiro atoms. The van der Waals surface area contributed by atoms with Gasteiger partial charge in [0.05, 0.1) is 21.5 Å². The Hall–Kier alpha value is 0.760. The van der Waals surface area contributed by atoms with Crippen molar-refractivity contribution in [2.75, 3.05) is 0 Å². The van der Waals surface area contributed by atoms with Gasteiger partial charge in [0.25, 0.3) is 0 Å². The molecule has 2 aliphatic carbocycles. The van der Waals surface area contributed by atoms with E-state index in [9.17, 15) is 0 Å². The Morgan fingerprint density at radius 2 is 0.667 bits per heavy atom. The summed E-state index contributed by atoms with van der Waals surface area (Å²) in [5.41, 5.74) is 4.21. The Morgan fingerprint density at radius 1 is 0.458 bits per heavy atom. The zero-order valence-electron chi connectivity index (χ0n) is 11.5. The second-order valence-electron chi connectivity index (χ2n) is 5.69. The first-order valence-electron chi connectivity index (χ1n) is 6.85. The predicted molar refractivity (Wildman–Crippen MR) is 106 cm³/mol. The van der Waals surface area contributed by atoms with Gasteiger partial charge in [0.2, 0.25) is 0 Å². The van der Waals surface area contributed by atoms with Crippen LogP contribution in [0, 0.1) is 0 Å². The van der Waals surface area contributed by atoms with Crippen molar-refractivity contribution in [3.05, 3.63) is 54.5 Å². The van der Waals surface area contributed by atoms with Crippen LogP contribution in [0.5, 0.6) is 0 Å². The molecule has 4 atom stereocenters. The van der Waals surface area contributed by atoms with Gasteiger partial charge in [-0.25, -0.2) is 0 Å². The molecule has 4 rings (SSSR count). The Bertz CT molecular complexity index is 753. The maximum Gasteiger partial charge on any atom is 0.0811 e. The maximum absolute atomic E-state index is 6.60. The number of hydrogen-bond acceptors (Lipinski definition) is 0. The van der Waals surface area contributed by atoms with E-state index in [0.29, 0.717) is 42.3 Å². The molecule has 0 aromatic heterocycles. The fraction of sp³-hybridized carbons (Fsp3) is 0.250. The van der Waals surface area contributed by atoms with Crippen LogP contribution in [0.3, 0.4) is 0 Å². The molecule has 126 valence electrons. The van der Waals surface area contributed by atoms with Crippen LogP contribution >= 0.6 is 92.8 Å². The minimum absolute atomic E-state index is 0.425. The van der Waals surface area contributed by atoms with Gasteiger partial charge in [-0.05, 0) is 45.5 Å². The summed E-state index contributed by atoms with van der Waals surface area (Å²) in [6.07, 6.45) is 0. The van der Waals surface area contributed by atoms with Crippen molar-refractivity contribution in [2.24, 2.45) is 0 Å². The zero-order chi connectivity index (χ0) is 17.5. The van der Waals surface area contributed by atoms with Crippen molar-refractivity contribution in [1.82, 2.24) is 0 Å². The van der Waals surface area contributed by atoms with Gasteiger partial charge in [0.15, 0.2) is 0 Å². The third-order valence-corrected chi connectivity index (χ3v) is 7.87. The van der Waals surface area contributed by atoms with Crippen LogP contribution in [-0.4, -0.2) is 0 Å². The highest BCUT2D eigenvalue weighted by Crippen LogP contribution is 2.64. The van der Waals surface area contributed by atoms with Gasteiger partial charge in [-0.3, -0.25) is 0 Å². The lowest BCUT2D eigenvalue weighted by molar-refractivity contribution is 0.809. The quantitative estimate of drug-likeness (QED) is 0.329. The molecule has 0 nitrogen and oxygen atoms in total. The molecule has 24 heavy (non-hydrogen) atoms. The molecular formula is C16H6Cl8. The number of hydrogen-bond donors (Lipinski definition) is 0. The SMILES string of the molecule is Clc1cc(Cl)c2c3c1[C@@H](Cl)[C@@H](Cl)c1c(Cl)cc(Cl)c(c1-3)[C@H](Cl)[C@@H]2Cl. The van der Waals surface area contributed by atoms with Crippen molar-refractivity contribution in [1.29, 1.82) is 0 Å². The molecule has 0 saturated carbocycles. The van der Waals surface area contributed by atoms with E-state index in [4.69, 9.17) is 92.8 Å². The minimum atomic E-state index is -0.583. The van der Waals surface area contributed by atoms with E-state index >= 15 is 0 Å². The van der Waals surface area contributed by atoms with Crippen LogP contribution in [0.4, 0.5) is 0 Å². The molecule has 8 heteroatoms. The second-order valence-corrected chi connectivity index (χ2v) is 9.20. The highest BCUT2D eigenvalue weighted by atomic mass is 35.5. The van der Waals surface area contributed by atoms with Crippen LogP contribution in [-0.2, 0) is 0 Å². The van der Waals surface area contributed by atoms with E-state index in [2.05, 4.69) is 0 Å². The lowest BCUT2D eigenvalue weighted by atomic mass is 9.74. The number of alkyl halides is 4. The Labute approximate surface area is 178 Å². The number of benzene rings is 2. The molecule has 0 unspecified atom stereocenters. The average Bonchev–Trinajstić information content (AvgIpc) is 2.49. The van der Waals surface area contributed by atoms with Crippen molar-refractivity contribution in [3.63, 3.8) is 0 Å². The summed E-state index contributed by atoms with van der Waals surface area (Å²) in [7, 11) is 0. The highest BCUT2D eigenvalue weighted by Gasteiger charge is 2.45. The summed E-state index contributed by atoms with van der Waals surface area (Å²) in [4.78, 5) is 0.